The third-order valence-electron chi connectivity index (χ3n) is 5.99. The van der Waals surface area contributed by atoms with E-state index in [1.165, 1.54) is 11.8 Å². The first-order valence-corrected chi connectivity index (χ1v) is 12.7. The van der Waals surface area contributed by atoms with Gasteiger partial charge in [0.05, 0.1) is 25.3 Å². The molecule has 2 heterocycles. The molecule has 2 fully saturated rings. The Kier molecular flexibility index (Phi) is 7.83. The van der Waals surface area contributed by atoms with Gasteiger partial charge in [-0.25, -0.2) is 4.79 Å². The van der Waals surface area contributed by atoms with Gasteiger partial charge in [-0.3, -0.25) is 4.79 Å². The monoisotopic (exact) mass is 583 g/mol. The van der Waals surface area contributed by atoms with Crippen molar-refractivity contribution in [1.82, 2.24) is 4.90 Å². The van der Waals surface area contributed by atoms with Gasteiger partial charge in [0.25, 0.3) is 5.24 Å². The number of nitrogens with zero attached hydrogens (tertiary/aromatic N) is 1. The van der Waals surface area contributed by atoms with Crippen molar-refractivity contribution >= 4 is 45.6 Å². The number of hydrogen-bond donors (Lipinski definition) is 0. The molecule has 0 radical (unpaired) electrons. The first kappa shape index (κ1) is 24.3. The van der Waals surface area contributed by atoms with Gasteiger partial charge >= 0.3 is 5.97 Å². The zero-order chi connectivity index (χ0) is 23.4. The molecule has 2 unspecified atom stereocenters. The molecular formula is C24H26INO6S. The minimum absolute atomic E-state index is 0.0196. The number of hydrogen-bond acceptors (Lipinski definition) is 7. The fourth-order valence-corrected chi connectivity index (χ4v) is 5.63. The quantitative estimate of drug-likeness (QED) is 0.345. The molecule has 7 nitrogen and oxygen atoms in total. The van der Waals surface area contributed by atoms with Gasteiger partial charge in [-0.2, -0.15) is 0 Å². The van der Waals surface area contributed by atoms with Crippen LogP contribution in [-0.4, -0.2) is 60.6 Å². The molecule has 0 N–H and O–H groups in total. The van der Waals surface area contributed by atoms with Gasteiger partial charge in [0.15, 0.2) is 5.79 Å². The van der Waals surface area contributed by atoms with Crippen LogP contribution in [0.4, 0.5) is 4.79 Å². The van der Waals surface area contributed by atoms with Gasteiger partial charge in [-0.15, -0.1) is 0 Å². The van der Waals surface area contributed by atoms with Crippen molar-refractivity contribution in [2.75, 3.05) is 26.6 Å². The number of benzene rings is 2. The van der Waals surface area contributed by atoms with Crippen LogP contribution in [0.1, 0.15) is 28.8 Å². The Balaban J connectivity index is 1.48. The highest BCUT2D eigenvalue weighted by atomic mass is 127. The van der Waals surface area contributed by atoms with E-state index >= 15 is 0 Å². The number of carbonyl (C=O) groups is 2. The third-order valence-corrected chi connectivity index (χ3v) is 7.68. The second-order valence-electron chi connectivity index (χ2n) is 7.96. The molecule has 3 atom stereocenters. The number of ether oxygens (including phenoxy) is 4. The Bertz CT molecular complexity index is 985. The molecular weight excluding hydrogens is 557 g/mol. The SMILES string of the molecule is COc1ccc(CN2C(=O)SC[C@H]2C2(OC)CC(OC(=O)c3ccc(I)cc3)CCO2)cc1. The molecule has 2 aromatic rings. The normalized spacial score (nSPS) is 25.2. The summed E-state index contributed by atoms with van der Waals surface area (Å²) in [7, 11) is 3.21. The van der Waals surface area contributed by atoms with E-state index in [4.69, 9.17) is 18.9 Å². The molecule has 0 bridgehead atoms. The Hall–Kier alpha value is -1.82. The summed E-state index contributed by atoms with van der Waals surface area (Å²) < 4.78 is 24.1. The van der Waals surface area contributed by atoms with Gasteiger partial charge in [-0.1, -0.05) is 23.9 Å². The molecule has 2 aliphatic rings. The highest BCUT2D eigenvalue weighted by molar-refractivity contribution is 14.1. The van der Waals surface area contributed by atoms with Crippen molar-refractivity contribution in [2.45, 2.75) is 37.3 Å². The maximum Gasteiger partial charge on any atom is 0.338 e. The van der Waals surface area contributed by atoms with Gasteiger partial charge < -0.3 is 23.8 Å². The van der Waals surface area contributed by atoms with Gasteiger partial charge in [0, 0.05) is 35.8 Å². The maximum atomic E-state index is 12.8. The van der Waals surface area contributed by atoms with E-state index in [0.717, 1.165) is 14.9 Å². The summed E-state index contributed by atoms with van der Waals surface area (Å²) in [6.07, 6.45) is 0.569. The van der Waals surface area contributed by atoms with Crippen LogP contribution < -0.4 is 4.74 Å². The number of rotatable bonds is 7. The molecule has 33 heavy (non-hydrogen) atoms. The molecule has 1 amide bonds. The summed E-state index contributed by atoms with van der Waals surface area (Å²) in [5.74, 6) is -0.101. The lowest BCUT2D eigenvalue weighted by Gasteiger charge is -2.45. The number of carbonyl (C=O) groups excluding carboxylic acids is 2. The van der Waals surface area contributed by atoms with Crippen molar-refractivity contribution in [3.8, 4) is 5.75 Å². The van der Waals surface area contributed by atoms with E-state index < -0.39 is 5.79 Å². The standard InChI is InChI=1S/C24H26INO6S/c1-29-19-9-3-16(4-10-19)14-26-21(15-33-23(26)28)24(30-2)13-20(11-12-31-24)32-22(27)17-5-7-18(25)8-6-17/h3-10,20-21H,11-15H2,1-2H3/t20?,21-,24?/m0/s1. The van der Waals surface area contributed by atoms with Crippen LogP contribution in [0.15, 0.2) is 48.5 Å². The summed E-state index contributed by atoms with van der Waals surface area (Å²) in [4.78, 5) is 27.2. The third kappa shape index (κ3) is 5.47. The lowest BCUT2D eigenvalue weighted by molar-refractivity contribution is -0.280. The Labute approximate surface area is 211 Å². The van der Waals surface area contributed by atoms with Crippen LogP contribution in [0, 0.1) is 3.57 Å². The zero-order valence-corrected chi connectivity index (χ0v) is 21.5. The fourth-order valence-electron chi connectivity index (χ4n) is 4.18. The average molecular weight is 583 g/mol. The van der Waals surface area contributed by atoms with Gasteiger partial charge in [0.1, 0.15) is 11.9 Å². The topological polar surface area (TPSA) is 74.3 Å². The maximum absolute atomic E-state index is 12.8. The molecule has 0 aromatic heterocycles. The van der Waals surface area contributed by atoms with E-state index in [1.807, 2.05) is 36.4 Å². The number of thioether (sulfide) groups is 1. The number of esters is 1. The number of amides is 1. The molecule has 0 aliphatic carbocycles. The van der Waals surface area contributed by atoms with Crippen LogP contribution in [0.2, 0.25) is 0 Å². The largest absolute Gasteiger partial charge is 0.497 e. The van der Waals surface area contributed by atoms with E-state index in [1.54, 1.807) is 31.3 Å². The molecule has 2 saturated heterocycles. The molecule has 4 rings (SSSR count). The minimum atomic E-state index is -1.04. The Morgan fingerprint density at radius 3 is 2.58 bits per heavy atom. The number of methoxy groups -OCH3 is 2. The van der Waals surface area contributed by atoms with Crippen LogP contribution in [-0.2, 0) is 20.8 Å². The minimum Gasteiger partial charge on any atom is -0.497 e. The number of halogens is 1. The molecule has 9 heteroatoms. The molecule has 2 aliphatic heterocycles. The lowest BCUT2D eigenvalue weighted by Crippen LogP contribution is -2.58. The fraction of sp³-hybridized carbons (Fsp3) is 0.417. The van der Waals surface area contributed by atoms with Crippen molar-refractivity contribution in [3.63, 3.8) is 0 Å². The van der Waals surface area contributed by atoms with E-state index in [0.29, 0.717) is 37.3 Å². The van der Waals surface area contributed by atoms with Crippen molar-refractivity contribution in [3.05, 3.63) is 63.2 Å². The second-order valence-corrected chi connectivity index (χ2v) is 10.2. The van der Waals surface area contributed by atoms with Crippen molar-refractivity contribution in [1.29, 1.82) is 0 Å². The zero-order valence-electron chi connectivity index (χ0n) is 18.5. The van der Waals surface area contributed by atoms with E-state index in [2.05, 4.69) is 22.6 Å². The highest BCUT2D eigenvalue weighted by Crippen LogP contribution is 2.40. The van der Waals surface area contributed by atoms with Crippen LogP contribution in [0.25, 0.3) is 0 Å². The van der Waals surface area contributed by atoms with E-state index in [-0.39, 0.29) is 23.4 Å². The van der Waals surface area contributed by atoms with Crippen LogP contribution in [0.5, 0.6) is 5.75 Å². The van der Waals surface area contributed by atoms with Crippen molar-refractivity contribution in [2.24, 2.45) is 0 Å². The first-order chi connectivity index (χ1) is 15.9. The Morgan fingerprint density at radius 2 is 1.91 bits per heavy atom. The lowest BCUT2D eigenvalue weighted by atomic mass is 9.95. The van der Waals surface area contributed by atoms with Crippen molar-refractivity contribution < 1.29 is 28.5 Å². The summed E-state index contributed by atoms with van der Waals surface area (Å²) in [5, 5.41) is -0.0196. The molecule has 0 spiro atoms. The first-order valence-electron chi connectivity index (χ1n) is 10.7. The molecule has 2 aromatic carbocycles. The van der Waals surface area contributed by atoms with Gasteiger partial charge in [-0.05, 0) is 64.6 Å². The Morgan fingerprint density at radius 1 is 1.18 bits per heavy atom. The molecule has 176 valence electrons. The second kappa shape index (κ2) is 10.6. The summed E-state index contributed by atoms with van der Waals surface area (Å²) in [6.45, 7) is 0.812. The van der Waals surface area contributed by atoms with Crippen LogP contribution >= 0.6 is 34.4 Å². The summed E-state index contributed by atoms with van der Waals surface area (Å²) in [6, 6.07) is 14.6. The summed E-state index contributed by atoms with van der Waals surface area (Å²) in [5.41, 5.74) is 1.50. The predicted octanol–water partition coefficient (Wildman–Crippen LogP) is 4.72. The van der Waals surface area contributed by atoms with Crippen LogP contribution in [0.3, 0.4) is 0 Å². The summed E-state index contributed by atoms with van der Waals surface area (Å²) >= 11 is 3.45. The predicted molar refractivity (Wildman–Crippen MR) is 133 cm³/mol. The molecule has 0 saturated carbocycles. The average Bonchev–Trinajstić information content (AvgIpc) is 3.20. The van der Waals surface area contributed by atoms with Gasteiger partial charge in [0.2, 0.25) is 0 Å². The highest BCUT2D eigenvalue weighted by Gasteiger charge is 2.52. The van der Waals surface area contributed by atoms with E-state index in [9.17, 15) is 9.59 Å². The smallest absolute Gasteiger partial charge is 0.338 e.